The van der Waals surface area contributed by atoms with Crippen LogP contribution in [0.2, 0.25) is 0 Å². The molecule has 0 bridgehead atoms. The first kappa shape index (κ1) is 14.7. The fourth-order valence-corrected chi connectivity index (χ4v) is 2.35. The lowest BCUT2D eigenvalue weighted by molar-refractivity contribution is -0.121. The van der Waals surface area contributed by atoms with Gasteiger partial charge in [0.25, 0.3) is 0 Å². The highest BCUT2D eigenvalue weighted by Crippen LogP contribution is 2.22. The number of nitrogens with zero attached hydrogens (tertiary/aromatic N) is 3. The Morgan fingerprint density at radius 3 is 2.75 bits per heavy atom. The van der Waals surface area contributed by atoms with E-state index in [0.717, 1.165) is 31.5 Å². The van der Waals surface area contributed by atoms with E-state index in [4.69, 9.17) is 0 Å². The number of carbonyl (C=O) groups excluding carboxylic acids is 1. The average Bonchev–Trinajstić information content (AvgIpc) is 2.94. The topological polar surface area (TPSA) is 70.2 Å². The molecule has 0 saturated carbocycles. The second kappa shape index (κ2) is 6.65. The summed E-state index contributed by atoms with van der Waals surface area (Å²) < 4.78 is 0. The van der Waals surface area contributed by atoms with Gasteiger partial charge in [0.15, 0.2) is 0 Å². The van der Waals surface area contributed by atoms with Crippen LogP contribution in [0.15, 0.2) is 12.4 Å². The average molecular weight is 277 g/mol. The van der Waals surface area contributed by atoms with Gasteiger partial charge in [0, 0.05) is 44.1 Å². The Morgan fingerprint density at radius 2 is 2.15 bits per heavy atom. The summed E-state index contributed by atoms with van der Waals surface area (Å²) in [7, 11) is 1.67. The summed E-state index contributed by atoms with van der Waals surface area (Å²) in [5.41, 5.74) is 1.05. The van der Waals surface area contributed by atoms with Crippen LogP contribution in [-0.4, -0.2) is 41.6 Å². The van der Waals surface area contributed by atoms with Crippen LogP contribution in [0, 0.1) is 0 Å². The number of hydrogen-bond acceptors (Lipinski definition) is 5. The Balaban J connectivity index is 2.03. The summed E-state index contributed by atoms with van der Waals surface area (Å²) in [6.07, 6.45) is 5.52. The number of amides is 1. The zero-order valence-corrected chi connectivity index (χ0v) is 12.4. The van der Waals surface area contributed by atoms with Gasteiger partial charge in [-0.1, -0.05) is 13.8 Å². The van der Waals surface area contributed by atoms with Crippen LogP contribution in [0.4, 0.5) is 5.95 Å². The fraction of sp³-hybridized carbons (Fsp3) is 0.643. The summed E-state index contributed by atoms with van der Waals surface area (Å²) in [6.45, 7) is 5.80. The lowest BCUT2D eigenvalue weighted by Crippen LogP contribution is -2.42. The quantitative estimate of drug-likeness (QED) is 0.828. The predicted octanol–water partition coefficient (Wildman–Crippen LogP) is 0.689. The smallest absolute Gasteiger partial charge is 0.242 e. The summed E-state index contributed by atoms with van der Waals surface area (Å²) in [4.78, 5) is 22.6. The van der Waals surface area contributed by atoms with E-state index in [2.05, 4.69) is 34.4 Å². The first-order valence-electron chi connectivity index (χ1n) is 7.14. The number of carbonyl (C=O) groups is 1. The molecule has 1 amide bonds. The summed E-state index contributed by atoms with van der Waals surface area (Å²) in [5.74, 6) is 0.682. The molecule has 1 aliphatic rings. The van der Waals surface area contributed by atoms with Crippen molar-refractivity contribution in [1.29, 1.82) is 0 Å². The maximum Gasteiger partial charge on any atom is 0.242 e. The van der Waals surface area contributed by atoms with E-state index in [-0.39, 0.29) is 11.9 Å². The third-order valence-corrected chi connectivity index (χ3v) is 3.46. The molecule has 0 aromatic carbocycles. The van der Waals surface area contributed by atoms with Gasteiger partial charge < -0.3 is 15.5 Å². The molecule has 2 heterocycles. The molecule has 2 rings (SSSR count). The molecule has 1 aromatic rings. The Morgan fingerprint density at radius 1 is 1.45 bits per heavy atom. The summed E-state index contributed by atoms with van der Waals surface area (Å²) in [5, 5.41) is 6.03. The molecule has 0 aliphatic carbocycles. The molecule has 20 heavy (non-hydrogen) atoms. The van der Waals surface area contributed by atoms with Gasteiger partial charge in [0.2, 0.25) is 11.9 Å². The van der Waals surface area contributed by atoms with Crippen LogP contribution < -0.4 is 15.5 Å². The van der Waals surface area contributed by atoms with E-state index in [0.29, 0.717) is 12.0 Å². The van der Waals surface area contributed by atoms with Crippen molar-refractivity contribution in [2.45, 2.75) is 45.3 Å². The van der Waals surface area contributed by atoms with Crippen LogP contribution in [0.5, 0.6) is 0 Å². The first-order chi connectivity index (χ1) is 9.61. The number of hydrogen-bond donors (Lipinski definition) is 2. The highest BCUT2D eigenvalue weighted by Gasteiger charge is 2.31. The molecule has 1 fully saturated rings. The van der Waals surface area contributed by atoms with Crippen molar-refractivity contribution in [1.82, 2.24) is 20.6 Å². The molecule has 1 atom stereocenters. The molecule has 6 nitrogen and oxygen atoms in total. The van der Waals surface area contributed by atoms with Gasteiger partial charge >= 0.3 is 0 Å². The zero-order chi connectivity index (χ0) is 14.5. The third kappa shape index (κ3) is 3.45. The van der Waals surface area contributed by atoms with Gasteiger partial charge in [0.1, 0.15) is 6.04 Å². The Bertz CT molecular complexity index is 445. The normalized spacial score (nSPS) is 18.6. The van der Waals surface area contributed by atoms with E-state index in [1.54, 1.807) is 7.05 Å². The molecule has 2 N–H and O–H groups in total. The molecule has 0 radical (unpaired) electrons. The second-order valence-electron chi connectivity index (χ2n) is 5.39. The van der Waals surface area contributed by atoms with Gasteiger partial charge in [-0.05, 0) is 12.8 Å². The number of anilines is 1. The van der Waals surface area contributed by atoms with Crippen LogP contribution in [0.3, 0.4) is 0 Å². The number of likely N-dealkylation sites (N-methyl/N-ethyl adjacent to an activating group) is 1. The maximum atomic E-state index is 11.8. The second-order valence-corrected chi connectivity index (χ2v) is 5.39. The van der Waals surface area contributed by atoms with E-state index in [1.165, 1.54) is 0 Å². The number of rotatable bonds is 5. The zero-order valence-electron chi connectivity index (χ0n) is 12.4. The van der Waals surface area contributed by atoms with Crippen LogP contribution in [0.25, 0.3) is 0 Å². The number of nitrogens with one attached hydrogen (secondary N) is 2. The SMILES string of the molecule is CNC(=O)C1CCCN1c1ncc(CNC(C)C)cn1. The molecule has 6 heteroatoms. The molecule has 1 aliphatic heterocycles. The molecule has 0 spiro atoms. The van der Waals surface area contributed by atoms with Crippen molar-refractivity contribution < 1.29 is 4.79 Å². The monoisotopic (exact) mass is 277 g/mol. The van der Waals surface area contributed by atoms with E-state index < -0.39 is 0 Å². The van der Waals surface area contributed by atoms with Gasteiger partial charge in [-0.25, -0.2) is 9.97 Å². The van der Waals surface area contributed by atoms with Crippen molar-refractivity contribution in [3.8, 4) is 0 Å². The van der Waals surface area contributed by atoms with Crippen molar-refractivity contribution in [3.05, 3.63) is 18.0 Å². The molecule has 1 unspecified atom stereocenters. The minimum Gasteiger partial charge on any atom is -0.357 e. The molecular formula is C14H23N5O. The van der Waals surface area contributed by atoms with E-state index in [9.17, 15) is 4.79 Å². The van der Waals surface area contributed by atoms with E-state index >= 15 is 0 Å². The Hall–Kier alpha value is -1.69. The fourth-order valence-electron chi connectivity index (χ4n) is 2.35. The van der Waals surface area contributed by atoms with Crippen molar-refractivity contribution in [2.24, 2.45) is 0 Å². The third-order valence-electron chi connectivity index (χ3n) is 3.46. The predicted molar refractivity (Wildman–Crippen MR) is 78.4 cm³/mol. The van der Waals surface area contributed by atoms with Crippen molar-refractivity contribution in [3.63, 3.8) is 0 Å². The van der Waals surface area contributed by atoms with Crippen molar-refractivity contribution >= 4 is 11.9 Å². The standard InChI is InChI=1S/C14H23N5O/c1-10(2)16-7-11-8-17-14(18-9-11)19-6-4-5-12(19)13(20)15-3/h8-10,12,16H,4-7H2,1-3H3,(H,15,20). The van der Waals surface area contributed by atoms with Gasteiger partial charge in [-0.3, -0.25) is 4.79 Å². The van der Waals surface area contributed by atoms with Crippen molar-refractivity contribution in [2.75, 3.05) is 18.5 Å². The first-order valence-corrected chi connectivity index (χ1v) is 7.14. The Labute approximate surface area is 120 Å². The summed E-state index contributed by atoms with van der Waals surface area (Å²) >= 11 is 0. The van der Waals surface area contributed by atoms with Crippen LogP contribution >= 0.6 is 0 Å². The number of aromatic nitrogens is 2. The Kier molecular flexibility index (Phi) is 4.89. The molecular weight excluding hydrogens is 254 g/mol. The maximum absolute atomic E-state index is 11.8. The van der Waals surface area contributed by atoms with Gasteiger partial charge in [-0.2, -0.15) is 0 Å². The lowest BCUT2D eigenvalue weighted by Gasteiger charge is -2.23. The lowest BCUT2D eigenvalue weighted by atomic mass is 10.2. The van der Waals surface area contributed by atoms with Gasteiger partial charge in [0.05, 0.1) is 0 Å². The van der Waals surface area contributed by atoms with Crippen LogP contribution in [0.1, 0.15) is 32.3 Å². The minimum absolute atomic E-state index is 0.0386. The van der Waals surface area contributed by atoms with Gasteiger partial charge in [-0.15, -0.1) is 0 Å². The minimum atomic E-state index is -0.139. The highest BCUT2D eigenvalue weighted by molar-refractivity contribution is 5.84. The largest absolute Gasteiger partial charge is 0.357 e. The molecule has 1 aromatic heterocycles. The van der Waals surface area contributed by atoms with E-state index in [1.807, 2.05) is 17.3 Å². The van der Waals surface area contributed by atoms with Crippen LogP contribution in [-0.2, 0) is 11.3 Å². The summed E-state index contributed by atoms with van der Waals surface area (Å²) in [6, 6.07) is 0.297. The molecule has 1 saturated heterocycles. The molecule has 110 valence electrons. The highest BCUT2D eigenvalue weighted by atomic mass is 16.2.